The fourth-order valence-corrected chi connectivity index (χ4v) is 2.47. The second-order valence-corrected chi connectivity index (χ2v) is 4.98. The largest absolute Gasteiger partial charge is 0.309 e. The van der Waals surface area contributed by atoms with Gasteiger partial charge in [0.1, 0.15) is 0 Å². The van der Waals surface area contributed by atoms with Crippen molar-refractivity contribution in [3.05, 3.63) is 46.2 Å². The summed E-state index contributed by atoms with van der Waals surface area (Å²) in [5.74, 6) is 0. The standard InChI is InChI=1S/C13H17N3S/c1-3-14-12(9-13-16-6-7-17-13)11-8-10(2)4-5-15-11/h4-8,12,14H,3,9H2,1-2H3. The Labute approximate surface area is 106 Å². The molecule has 2 aromatic heterocycles. The van der Waals surface area contributed by atoms with E-state index in [-0.39, 0.29) is 6.04 Å². The van der Waals surface area contributed by atoms with Crippen LogP contribution in [0.15, 0.2) is 29.9 Å². The van der Waals surface area contributed by atoms with Crippen molar-refractivity contribution in [2.75, 3.05) is 6.54 Å². The fourth-order valence-electron chi connectivity index (χ4n) is 1.81. The van der Waals surface area contributed by atoms with Crippen molar-refractivity contribution < 1.29 is 0 Å². The van der Waals surface area contributed by atoms with E-state index in [0.717, 1.165) is 23.7 Å². The molecule has 0 saturated carbocycles. The van der Waals surface area contributed by atoms with Crippen LogP contribution in [0.4, 0.5) is 0 Å². The van der Waals surface area contributed by atoms with E-state index in [4.69, 9.17) is 0 Å². The van der Waals surface area contributed by atoms with Crippen LogP contribution in [0.5, 0.6) is 0 Å². The van der Waals surface area contributed by atoms with Crippen LogP contribution < -0.4 is 5.32 Å². The van der Waals surface area contributed by atoms with Gasteiger partial charge in [-0.05, 0) is 31.2 Å². The fraction of sp³-hybridized carbons (Fsp3) is 0.385. The zero-order valence-corrected chi connectivity index (χ0v) is 11.0. The molecule has 4 heteroatoms. The van der Waals surface area contributed by atoms with E-state index in [1.54, 1.807) is 11.3 Å². The van der Waals surface area contributed by atoms with Gasteiger partial charge in [0, 0.05) is 24.2 Å². The van der Waals surface area contributed by atoms with Gasteiger partial charge in [0.25, 0.3) is 0 Å². The average Bonchev–Trinajstić information content (AvgIpc) is 2.81. The zero-order valence-electron chi connectivity index (χ0n) is 10.2. The number of aromatic nitrogens is 2. The number of likely N-dealkylation sites (N-methyl/N-ethyl adjacent to an activating group) is 1. The molecule has 3 nitrogen and oxygen atoms in total. The minimum Gasteiger partial charge on any atom is -0.309 e. The minimum absolute atomic E-state index is 0.256. The molecule has 90 valence electrons. The molecule has 0 aliphatic heterocycles. The van der Waals surface area contributed by atoms with Gasteiger partial charge in [0.15, 0.2) is 0 Å². The number of pyridine rings is 1. The van der Waals surface area contributed by atoms with Crippen LogP contribution >= 0.6 is 11.3 Å². The Balaban J connectivity index is 2.16. The van der Waals surface area contributed by atoms with Gasteiger partial charge in [0.2, 0.25) is 0 Å². The third-order valence-electron chi connectivity index (χ3n) is 2.61. The van der Waals surface area contributed by atoms with E-state index < -0.39 is 0 Å². The summed E-state index contributed by atoms with van der Waals surface area (Å²) in [4.78, 5) is 8.79. The highest BCUT2D eigenvalue weighted by atomic mass is 32.1. The zero-order chi connectivity index (χ0) is 12.1. The first-order valence-electron chi connectivity index (χ1n) is 5.84. The number of hydrogen-bond donors (Lipinski definition) is 1. The molecule has 0 fully saturated rings. The Morgan fingerprint density at radius 1 is 1.35 bits per heavy atom. The van der Waals surface area contributed by atoms with Crippen LogP contribution in [0.2, 0.25) is 0 Å². The molecule has 0 saturated heterocycles. The molecule has 0 aliphatic rings. The highest BCUT2D eigenvalue weighted by Crippen LogP contribution is 2.18. The molecule has 2 heterocycles. The Hall–Kier alpha value is -1.26. The van der Waals surface area contributed by atoms with Crippen LogP contribution in [0.25, 0.3) is 0 Å². The second-order valence-electron chi connectivity index (χ2n) is 4.00. The number of hydrogen-bond acceptors (Lipinski definition) is 4. The van der Waals surface area contributed by atoms with E-state index >= 15 is 0 Å². The van der Waals surface area contributed by atoms with Crippen LogP contribution in [-0.2, 0) is 6.42 Å². The summed E-state index contributed by atoms with van der Waals surface area (Å²) in [6.45, 7) is 5.15. The molecule has 17 heavy (non-hydrogen) atoms. The molecule has 1 N–H and O–H groups in total. The van der Waals surface area contributed by atoms with Gasteiger partial charge in [-0.15, -0.1) is 11.3 Å². The molecular weight excluding hydrogens is 230 g/mol. The lowest BCUT2D eigenvalue weighted by Gasteiger charge is -2.16. The first-order chi connectivity index (χ1) is 8.29. The van der Waals surface area contributed by atoms with E-state index in [1.165, 1.54) is 5.56 Å². The summed E-state index contributed by atoms with van der Waals surface area (Å²) in [5, 5.41) is 6.64. The van der Waals surface area contributed by atoms with Crippen LogP contribution in [0.3, 0.4) is 0 Å². The van der Waals surface area contributed by atoms with Crippen LogP contribution in [0, 0.1) is 6.92 Å². The lowest BCUT2D eigenvalue weighted by atomic mass is 10.1. The van der Waals surface area contributed by atoms with Crippen molar-refractivity contribution in [2.24, 2.45) is 0 Å². The highest BCUT2D eigenvalue weighted by molar-refractivity contribution is 7.09. The smallest absolute Gasteiger partial charge is 0.0944 e. The number of thiazole rings is 1. The summed E-state index contributed by atoms with van der Waals surface area (Å²) >= 11 is 1.70. The Bertz CT molecular complexity index is 453. The average molecular weight is 247 g/mol. The number of nitrogens with zero attached hydrogens (tertiary/aromatic N) is 2. The molecule has 0 aliphatic carbocycles. The van der Waals surface area contributed by atoms with Gasteiger partial charge in [-0.2, -0.15) is 0 Å². The lowest BCUT2D eigenvalue weighted by Crippen LogP contribution is -2.23. The molecule has 0 aromatic carbocycles. The third kappa shape index (κ3) is 3.35. The second kappa shape index (κ2) is 5.89. The van der Waals surface area contributed by atoms with E-state index in [0.29, 0.717) is 0 Å². The van der Waals surface area contributed by atoms with Gasteiger partial charge < -0.3 is 5.32 Å². The van der Waals surface area contributed by atoms with Crippen molar-refractivity contribution in [3.63, 3.8) is 0 Å². The first-order valence-corrected chi connectivity index (χ1v) is 6.72. The van der Waals surface area contributed by atoms with Gasteiger partial charge in [-0.3, -0.25) is 4.98 Å². The van der Waals surface area contributed by atoms with Crippen LogP contribution in [0.1, 0.15) is 29.2 Å². The van der Waals surface area contributed by atoms with E-state index in [9.17, 15) is 0 Å². The predicted octanol–water partition coefficient (Wildman–Crippen LogP) is 2.74. The maximum Gasteiger partial charge on any atom is 0.0944 e. The molecule has 0 amide bonds. The maximum atomic E-state index is 4.45. The van der Waals surface area contributed by atoms with Crippen molar-refractivity contribution in [1.29, 1.82) is 0 Å². The predicted molar refractivity (Wildman–Crippen MR) is 71.2 cm³/mol. The SMILES string of the molecule is CCNC(Cc1nccs1)c1cc(C)ccn1. The lowest BCUT2D eigenvalue weighted by molar-refractivity contribution is 0.535. The summed E-state index contributed by atoms with van der Waals surface area (Å²) in [6.07, 6.45) is 4.63. The first kappa shape index (κ1) is 12.2. The summed E-state index contributed by atoms with van der Waals surface area (Å²) in [6, 6.07) is 4.42. The van der Waals surface area contributed by atoms with E-state index in [2.05, 4.69) is 35.2 Å². The van der Waals surface area contributed by atoms with Crippen molar-refractivity contribution in [1.82, 2.24) is 15.3 Å². The van der Waals surface area contributed by atoms with Crippen LogP contribution in [-0.4, -0.2) is 16.5 Å². The number of nitrogens with one attached hydrogen (secondary N) is 1. The van der Waals surface area contributed by atoms with Gasteiger partial charge in [-0.1, -0.05) is 6.92 Å². The minimum atomic E-state index is 0.256. The summed E-state index contributed by atoms with van der Waals surface area (Å²) < 4.78 is 0. The van der Waals surface area contributed by atoms with Crippen molar-refractivity contribution in [3.8, 4) is 0 Å². The molecule has 0 spiro atoms. The highest BCUT2D eigenvalue weighted by Gasteiger charge is 2.13. The molecule has 1 unspecified atom stereocenters. The third-order valence-corrected chi connectivity index (χ3v) is 3.41. The Kier molecular flexibility index (Phi) is 4.23. The topological polar surface area (TPSA) is 37.8 Å². The summed E-state index contributed by atoms with van der Waals surface area (Å²) in [5.41, 5.74) is 2.35. The maximum absolute atomic E-state index is 4.45. The Morgan fingerprint density at radius 2 is 2.24 bits per heavy atom. The molecule has 2 rings (SSSR count). The quantitative estimate of drug-likeness (QED) is 0.883. The molecule has 0 radical (unpaired) electrons. The molecule has 0 bridgehead atoms. The van der Waals surface area contributed by atoms with Gasteiger partial charge in [0.05, 0.1) is 16.7 Å². The molecule has 2 aromatic rings. The van der Waals surface area contributed by atoms with E-state index in [1.807, 2.05) is 23.8 Å². The summed E-state index contributed by atoms with van der Waals surface area (Å²) in [7, 11) is 0. The number of aryl methyl sites for hydroxylation is 1. The molecular formula is C13H17N3S. The monoisotopic (exact) mass is 247 g/mol. The number of rotatable bonds is 5. The van der Waals surface area contributed by atoms with Crippen molar-refractivity contribution >= 4 is 11.3 Å². The van der Waals surface area contributed by atoms with Crippen molar-refractivity contribution in [2.45, 2.75) is 26.3 Å². The normalized spacial score (nSPS) is 12.6. The van der Waals surface area contributed by atoms with Gasteiger partial charge in [-0.25, -0.2) is 4.98 Å². The Morgan fingerprint density at radius 3 is 2.88 bits per heavy atom. The molecule has 1 atom stereocenters. The van der Waals surface area contributed by atoms with Gasteiger partial charge >= 0.3 is 0 Å².